The number of hydrogen-bond donors (Lipinski definition) is 3. The van der Waals surface area contributed by atoms with Crippen molar-refractivity contribution in [1.82, 2.24) is 15.8 Å². The normalized spacial score (nSPS) is 14.7. The molecule has 254 valence electrons. The van der Waals surface area contributed by atoms with Crippen LogP contribution in [0.5, 0.6) is 0 Å². The van der Waals surface area contributed by atoms with Gasteiger partial charge in [-0.3, -0.25) is 15.0 Å². The predicted molar refractivity (Wildman–Crippen MR) is 173 cm³/mol. The minimum Gasteiger partial charge on any atom is -0.461 e. The van der Waals surface area contributed by atoms with Gasteiger partial charge in [-0.2, -0.15) is 0 Å². The largest absolute Gasteiger partial charge is 0.461 e. The Labute approximate surface area is 269 Å². The molecule has 0 radical (unpaired) electrons. The smallest absolute Gasteiger partial charge is 0.330 e. The summed E-state index contributed by atoms with van der Waals surface area (Å²) in [7, 11) is 0. The third kappa shape index (κ3) is 19.1. The molecule has 0 aliphatic carbocycles. The van der Waals surface area contributed by atoms with Gasteiger partial charge in [0.1, 0.15) is 18.8 Å². The number of nitrogens with two attached hydrogens (primary N) is 1. The second kappa shape index (κ2) is 24.1. The first-order valence-electron chi connectivity index (χ1n) is 17.0. The van der Waals surface area contributed by atoms with Crippen LogP contribution in [-0.4, -0.2) is 67.3 Å². The number of esters is 2. The summed E-state index contributed by atoms with van der Waals surface area (Å²) in [6, 6.07) is 7.80. The monoisotopic (exact) mass is 632 g/mol. The number of ether oxygens (including phenoxy) is 3. The van der Waals surface area contributed by atoms with Crippen LogP contribution < -0.4 is 16.5 Å². The molecule has 0 aromatic heterocycles. The van der Waals surface area contributed by atoms with Crippen LogP contribution in [0.1, 0.15) is 115 Å². The van der Waals surface area contributed by atoms with Crippen molar-refractivity contribution in [2.45, 2.75) is 128 Å². The molecule has 1 saturated heterocycles. The maximum atomic E-state index is 13.3. The lowest BCUT2D eigenvalue weighted by molar-refractivity contribution is -0.153. The van der Waals surface area contributed by atoms with E-state index in [0.717, 1.165) is 24.8 Å². The van der Waals surface area contributed by atoms with Crippen LogP contribution in [0, 0.1) is 0 Å². The maximum Gasteiger partial charge on any atom is 0.330 e. The molecule has 0 unspecified atom stereocenters. The van der Waals surface area contributed by atoms with E-state index < -0.39 is 36.0 Å². The molecule has 45 heavy (non-hydrogen) atoms. The molecule has 2 atom stereocenters. The van der Waals surface area contributed by atoms with Crippen LogP contribution >= 0.6 is 0 Å². The Morgan fingerprint density at radius 3 is 2.11 bits per heavy atom. The molecule has 0 spiro atoms. The Balaban J connectivity index is 1.83. The second-order valence-corrected chi connectivity index (χ2v) is 11.8. The molecule has 1 fully saturated rings. The fraction of sp³-hybridized carbons (Fsp3) is 0.706. The van der Waals surface area contributed by atoms with Gasteiger partial charge in [0.05, 0.1) is 19.6 Å². The number of hydrazine groups is 1. The van der Waals surface area contributed by atoms with Gasteiger partial charge < -0.3 is 25.3 Å². The number of amides is 3. The molecule has 3 amide bonds. The topological polar surface area (TPSA) is 149 Å². The van der Waals surface area contributed by atoms with Gasteiger partial charge in [0.2, 0.25) is 5.91 Å². The van der Waals surface area contributed by atoms with E-state index in [-0.39, 0.29) is 25.9 Å². The van der Waals surface area contributed by atoms with Gasteiger partial charge in [0.15, 0.2) is 0 Å². The lowest BCUT2D eigenvalue weighted by atomic mass is 10.0. The van der Waals surface area contributed by atoms with Crippen molar-refractivity contribution >= 4 is 23.9 Å². The summed E-state index contributed by atoms with van der Waals surface area (Å²) in [5.41, 5.74) is 9.08. The average Bonchev–Trinajstić information content (AvgIpc) is 3.02. The van der Waals surface area contributed by atoms with Gasteiger partial charge in [0, 0.05) is 19.5 Å². The van der Waals surface area contributed by atoms with Gasteiger partial charge in [-0.05, 0) is 31.2 Å². The van der Waals surface area contributed by atoms with Gasteiger partial charge in [0.25, 0.3) is 0 Å². The zero-order valence-electron chi connectivity index (χ0n) is 27.3. The summed E-state index contributed by atoms with van der Waals surface area (Å²) >= 11 is 0. The predicted octanol–water partition coefficient (Wildman–Crippen LogP) is 5.30. The van der Waals surface area contributed by atoms with E-state index >= 15 is 0 Å². The lowest BCUT2D eigenvalue weighted by Crippen LogP contribution is -2.55. The number of nitrogens with zero attached hydrogens (tertiary/aromatic N) is 1. The highest BCUT2D eigenvalue weighted by Crippen LogP contribution is 2.16. The summed E-state index contributed by atoms with van der Waals surface area (Å²) in [5, 5.41) is 4.40. The Hall–Kier alpha value is -3.18. The van der Waals surface area contributed by atoms with Crippen LogP contribution in [0.15, 0.2) is 30.3 Å². The minimum absolute atomic E-state index is 0.0762. The molecule has 1 aliphatic heterocycles. The number of urea groups is 1. The summed E-state index contributed by atoms with van der Waals surface area (Å²) in [6.45, 7) is 4.42. The molecule has 1 heterocycles. The van der Waals surface area contributed by atoms with E-state index in [1.807, 2.05) is 30.3 Å². The zero-order valence-corrected chi connectivity index (χ0v) is 27.3. The van der Waals surface area contributed by atoms with Crippen molar-refractivity contribution in [1.29, 1.82) is 0 Å². The average molecular weight is 633 g/mol. The van der Waals surface area contributed by atoms with E-state index in [2.05, 4.69) is 17.7 Å². The van der Waals surface area contributed by atoms with E-state index in [1.54, 1.807) is 5.01 Å². The first-order valence-corrected chi connectivity index (χ1v) is 17.0. The number of unbranched alkanes of at least 4 members (excludes halogenated alkanes) is 10. The van der Waals surface area contributed by atoms with Crippen LogP contribution in [0.25, 0.3) is 0 Å². The summed E-state index contributed by atoms with van der Waals surface area (Å²) in [4.78, 5) is 50.1. The first-order chi connectivity index (χ1) is 21.9. The Bertz CT molecular complexity index is 973. The Morgan fingerprint density at radius 1 is 0.867 bits per heavy atom. The molecule has 2 rings (SSSR count). The highest BCUT2D eigenvalue weighted by Gasteiger charge is 2.27. The van der Waals surface area contributed by atoms with Crippen molar-refractivity contribution in [2.24, 2.45) is 5.73 Å². The van der Waals surface area contributed by atoms with Gasteiger partial charge in [-0.25, -0.2) is 14.6 Å². The molecule has 4 N–H and O–H groups in total. The number of rotatable bonds is 24. The second-order valence-electron chi connectivity index (χ2n) is 11.8. The van der Waals surface area contributed by atoms with Crippen molar-refractivity contribution in [2.75, 3.05) is 26.3 Å². The van der Waals surface area contributed by atoms with E-state index in [1.165, 1.54) is 51.4 Å². The quantitative estimate of drug-likeness (QED) is 0.103. The number of morpholine rings is 1. The van der Waals surface area contributed by atoms with Crippen molar-refractivity contribution < 1.29 is 33.4 Å². The standard InChI is InChI=1S/C34H56N4O7/c1-2-3-4-5-6-7-8-9-10-11-15-19-29(26-31(35)39)45-33(41)30(36-34(42)37-38-22-24-43-25-23-38)20-16-21-32(40)44-27-28-17-13-12-14-18-28/h12-14,17-18,29-30H,2-11,15-16,19-27H2,1H3,(H2,35,39)(H2,36,37,42)/t29-,30-/m0/s1. The van der Waals surface area contributed by atoms with Crippen molar-refractivity contribution in [3.05, 3.63) is 35.9 Å². The molecular formula is C34H56N4O7. The van der Waals surface area contributed by atoms with E-state index in [9.17, 15) is 19.2 Å². The molecule has 1 aliphatic rings. The number of nitrogens with one attached hydrogen (secondary N) is 2. The minimum atomic E-state index is -1.01. The summed E-state index contributed by atoms with van der Waals surface area (Å²) in [6.07, 6.45) is 13.4. The van der Waals surface area contributed by atoms with Gasteiger partial charge >= 0.3 is 18.0 Å². The number of carbonyl (C=O) groups is 4. The number of carbonyl (C=O) groups excluding carboxylic acids is 4. The molecule has 1 aromatic rings. The zero-order chi connectivity index (χ0) is 32.5. The molecule has 0 bridgehead atoms. The molecule has 11 heteroatoms. The van der Waals surface area contributed by atoms with Crippen LogP contribution in [0.2, 0.25) is 0 Å². The van der Waals surface area contributed by atoms with Gasteiger partial charge in [-0.15, -0.1) is 0 Å². The highest BCUT2D eigenvalue weighted by molar-refractivity contribution is 5.84. The number of primary amides is 1. The van der Waals surface area contributed by atoms with Crippen LogP contribution in [0.4, 0.5) is 4.79 Å². The summed E-state index contributed by atoms with van der Waals surface area (Å²) in [5.74, 6) is -1.60. The van der Waals surface area contributed by atoms with Crippen molar-refractivity contribution in [3.63, 3.8) is 0 Å². The number of hydrogen-bond acceptors (Lipinski definition) is 8. The Kier molecular flexibility index (Phi) is 20.4. The first kappa shape index (κ1) is 38.0. The van der Waals surface area contributed by atoms with Crippen LogP contribution in [-0.2, 0) is 35.2 Å². The molecule has 11 nitrogen and oxygen atoms in total. The van der Waals surface area contributed by atoms with E-state index in [4.69, 9.17) is 19.9 Å². The highest BCUT2D eigenvalue weighted by atomic mass is 16.5. The Morgan fingerprint density at radius 2 is 1.49 bits per heavy atom. The van der Waals surface area contributed by atoms with E-state index in [0.29, 0.717) is 39.1 Å². The fourth-order valence-corrected chi connectivity index (χ4v) is 5.23. The lowest BCUT2D eigenvalue weighted by Gasteiger charge is -2.28. The third-order valence-corrected chi connectivity index (χ3v) is 7.82. The van der Waals surface area contributed by atoms with Crippen molar-refractivity contribution in [3.8, 4) is 0 Å². The number of benzene rings is 1. The van der Waals surface area contributed by atoms with Crippen LogP contribution in [0.3, 0.4) is 0 Å². The maximum absolute atomic E-state index is 13.3. The SMILES string of the molecule is CCCCCCCCCCCCC[C@@H](CC(N)=O)OC(=O)[C@H](CCCC(=O)OCc1ccccc1)NC(=O)NN1CCOCC1. The molecular weight excluding hydrogens is 576 g/mol. The fourth-order valence-electron chi connectivity index (χ4n) is 5.23. The third-order valence-electron chi connectivity index (χ3n) is 7.82. The van der Waals surface area contributed by atoms with Gasteiger partial charge in [-0.1, -0.05) is 101 Å². The molecule has 0 saturated carbocycles. The molecule has 1 aromatic carbocycles. The summed E-state index contributed by atoms with van der Waals surface area (Å²) < 4.78 is 16.4.